The summed E-state index contributed by atoms with van der Waals surface area (Å²) in [7, 11) is 0. The molecule has 1 aliphatic heterocycles. The third-order valence-corrected chi connectivity index (χ3v) is 3.51. The summed E-state index contributed by atoms with van der Waals surface area (Å²) in [5.74, 6) is 2.79. The van der Waals surface area contributed by atoms with E-state index in [0.717, 1.165) is 24.3 Å². The number of rotatable bonds is 2. The fourth-order valence-electron chi connectivity index (χ4n) is 2.40. The lowest BCUT2D eigenvalue weighted by atomic mass is 9.94. The van der Waals surface area contributed by atoms with Crippen LogP contribution in [0.5, 0.6) is 0 Å². The molecule has 5 nitrogen and oxygen atoms in total. The Bertz CT molecular complexity index is 532. The average Bonchev–Trinajstić information content (AvgIpc) is 2.97. The number of piperidine rings is 1. The molecule has 0 bridgehead atoms. The van der Waals surface area contributed by atoms with E-state index in [2.05, 4.69) is 22.4 Å². The monoisotopic (exact) mass is 247 g/mol. The topological polar surface area (TPSA) is 64.1 Å². The van der Waals surface area contributed by atoms with E-state index in [4.69, 9.17) is 8.94 Å². The van der Waals surface area contributed by atoms with Crippen molar-refractivity contribution >= 4 is 0 Å². The zero-order chi connectivity index (χ0) is 12.5. The molecule has 18 heavy (non-hydrogen) atoms. The largest absolute Gasteiger partial charge is 0.469 e. The summed E-state index contributed by atoms with van der Waals surface area (Å²) < 4.78 is 10.6. The van der Waals surface area contributed by atoms with Crippen LogP contribution in [0.4, 0.5) is 0 Å². The molecule has 0 amide bonds. The maximum Gasteiger partial charge on any atom is 0.244 e. The van der Waals surface area contributed by atoms with Crippen molar-refractivity contribution in [3.63, 3.8) is 0 Å². The Hall–Kier alpha value is -1.62. The highest BCUT2D eigenvalue weighted by Crippen LogP contribution is 2.28. The molecule has 1 N–H and O–H groups in total. The van der Waals surface area contributed by atoms with Crippen molar-refractivity contribution in [2.24, 2.45) is 5.92 Å². The Kier molecular flexibility index (Phi) is 2.91. The van der Waals surface area contributed by atoms with Gasteiger partial charge in [-0.3, -0.25) is 0 Å². The van der Waals surface area contributed by atoms with Crippen LogP contribution in [0.2, 0.25) is 0 Å². The van der Waals surface area contributed by atoms with Gasteiger partial charge in [0.15, 0.2) is 0 Å². The molecule has 2 aromatic heterocycles. The van der Waals surface area contributed by atoms with Crippen molar-refractivity contribution in [1.82, 2.24) is 15.5 Å². The second-order valence-corrected chi connectivity index (χ2v) is 4.98. The van der Waals surface area contributed by atoms with Gasteiger partial charge >= 0.3 is 0 Å². The van der Waals surface area contributed by atoms with Gasteiger partial charge in [-0.05, 0) is 38.3 Å². The summed E-state index contributed by atoms with van der Waals surface area (Å²) in [6.45, 7) is 5.16. The van der Waals surface area contributed by atoms with E-state index in [1.165, 1.54) is 6.42 Å². The molecular formula is C13H17N3O2. The van der Waals surface area contributed by atoms with Crippen molar-refractivity contribution in [2.75, 3.05) is 6.54 Å². The second kappa shape index (κ2) is 4.57. The van der Waals surface area contributed by atoms with Gasteiger partial charge in [-0.2, -0.15) is 4.98 Å². The van der Waals surface area contributed by atoms with Gasteiger partial charge in [-0.25, -0.2) is 0 Å². The van der Waals surface area contributed by atoms with Gasteiger partial charge in [0.2, 0.25) is 11.7 Å². The SMILES string of the molecule is Cc1occc1-c1noc(C2CC(C)CCN2)n1. The van der Waals surface area contributed by atoms with Crippen LogP contribution >= 0.6 is 0 Å². The lowest BCUT2D eigenvalue weighted by Gasteiger charge is -2.25. The summed E-state index contributed by atoms with van der Waals surface area (Å²) in [5, 5.41) is 7.45. The Morgan fingerprint density at radius 3 is 3.06 bits per heavy atom. The van der Waals surface area contributed by atoms with E-state index in [1.807, 2.05) is 13.0 Å². The predicted molar refractivity (Wildman–Crippen MR) is 65.9 cm³/mol. The molecular weight excluding hydrogens is 230 g/mol. The summed E-state index contributed by atoms with van der Waals surface area (Å²) in [6.07, 6.45) is 3.89. The molecule has 0 aromatic carbocycles. The number of nitrogens with zero attached hydrogens (tertiary/aromatic N) is 2. The molecule has 2 unspecified atom stereocenters. The van der Waals surface area contributed by atoms with Gasteiger partial charge in [0, 0.05) is 0 Å². The van der Waals surface area contributed by atoms with Gasteiger partial charge in [-0.1, -0.05) is 12.1 Å². The zero-order valence-electron chi connectivity index (χ0n) is 10.6. The molecule has 3 heterocycles. The molecule has 2 aromatic rings. The summed E-state index contributed by atoms with van der Waals surface area (Å²) in [4.78, 5) is 4.47. The highest BCUT2D eigenvalue weighted by Gasteiger charge is 2.25. The number of aromatic nitrogens is 2. The minimum absolute atomic E-state index is 0.183. The molecule has 1 fully saturated rings. The molecule has 0 spiro atoms. The Balaban J connectivity index is 1.83. The number of aryl methyl sites for hydroxylation is 1. The van der Waals surface area contributed by atoms with Crippen LogP contribution in [0.1, 0.15) is 37.5 Å². The van der Waals surface area contributed by atoms with Crippen LogP contribution < -0.4 is 5.32 Å². The fraction of sp³-hybridized carbons (Fsp3) is 0.538. The maximum atomic E-state index is 5.37. The van der Waals surface area contributed by atoms with E-state index >= 15 is 0 Å². The molecule has 1 aliphatic rings. The van der Waals surface area contributed by atoms with E-state index in [-0.39, 0.29) is 6.04 Å². The molecule has 3 rings (SSSR count). The number of furan rings is 1. The van der Waals surface area contributed by atoms with Crippen molar-refractivity contribution in [1.29, 1.82) is 0 Å². The molecule has 1 saturated heterocycles. The third kappa shape index (κ3) is 2.06. The van der Waals surface area contributed by atoms with Crippen LogP contribution in [0, 0.1) is 12.8 Å². The molecule has 0 saturated carbocycles. The fourth-order valence-corrected chi connectivity index (χ4v) is 2.40. The summed E-state index contributed by atoms with van der Waals surface area (Å²) in [6, 6.07) is 2.04. The molecule has 0 radical (unpaired) electrons. The lowest BCUT2D eigenvalue weighted by Crippen LogP contribution is -2.30. The van der Waals surface area contributed by atoms with Crippen molar-refractivity contribution in [3.8, 4) is 11.4 Å². The first-order valence-electron chi connectivity index (χ1n) is 6.35. The van der Waals surface area contributed by atoms with Crippen LogP contribution in [0.25, 0.3) is 11.4 Å². The van der Waals surface area contributed by atoms with E-state index in [0.29, 0.717) is 17.6 Å². The predicted octanol–water partition coefficient (Wildman–Crippen LogP) is 2.70. The van der Waals surface area contributed by atoms with Crippen LogP contribution in [-0.4, -0.2) is 16.7 Å². The van der Waals surface area contributed by atoms with Crippen molar-refractivity contribution < 1.29 is 8.94 Å². The summed E-state index contributed by atoms with van der Waals surface area (Å²) in [5.41, 5.74) is 0.897. The van der Waals surface area contributed by atoms with Gasteiger partial charge in [-0.15, -0.1) is 0 Å². The van der Waals surface area contributed by atoms with Crippen LogP contribution in [0.3, 0.4) is 0 Å². The first-order chi connectivity index (χ1) is 8.74. The van der Waals surface area contributed by atoms with Gasteiger partial charge in [0.05, 0.1) is 17.9 Å². The Labute approximate surface area is 106 Å². The van der Waals surface area contributed by atoms with Crippen LogP contribution in [-0.2, 0) is 0 Å². The molecule has 2 atom stereocenters. The number of hydrogen-bond acceptors (Lipinski definition) is 5. The number of hydrogen-bond donors (Lipinski definition) is 1. The van der Waals surface area contributed by atoms with Crippen LogP contribution in [0.15, 0.2) is 21.3 Å². The highest BCUT2D eigenvalue weighted by molar-refractivity contribution is 5.56. The zero-order valence-corrected chi connectivity index (χ0v) is 10.6. The van der Waals surface area contributed by atoms with Gasteiger partial charge < -0.3 is 14.3 Å². The van der Waals surface area contributed by atoms with E-state index < -0.39 is 0 Å². The van der Waals surface area contributed by atoms with Gasteiger partial charge in [0.1, 0.15) is 5.76 Å². The smallest absolute Gasteiger partial charge is 0.244 e. The third-order valence-electron chi connectivity index (χ3n) is 3.51. The highest BCUT2D eigenvalue weighted by atomic mass is 16.5. The van der Waals surface area contributed by atoms with Crippen molar-refractivity contribution in [2.45, 2.75) is 32.7 Å². The summed E-state index contributed by atoms with van der Waals surface area (Å²) >= 11 is 0. The minimum atomic E-state index is 0.183. The Morgan fingerprint density at radius 1 is 1.44 bits per heavy atom. The van der Waals surface area contributed by atoms with Crippen molar-refractivity contribution in [3.05, 3.63) is 24.0 Å². The molecule has 5 heteroatoms. The maximum absolute atomic E-state index is 5.37. The van der Waals surface area contributed by atoms with E-state index in [9.17, 15) is 0 Å². The molecule has 96 valence electrons. The quantitative estimate of drug-likeness (QED) is 0.883. The number of nitrogens with one attached hydrogen (secondary N) is 1. The lowest BCUT2D eigenvalue weighted by molar-refractivity contribution is 0.260. The first kappa shape index (κ1) is 11.5. The Morgan fingerprint density at radius 2 is 2.33 bits per heavy atom. The second-order valence-electron chi connectivity index (χ2n) is 4.98. The standard InChI is InChI=1S/C13H17N3O2/c1-8-3-5-14-11(7-8)13-15-12(16-18-13)10-4-6-17-9(10)2/h4,6,8,11,14H,3,5,7H2,1-2H3. The van der Waals surface area contributed by atoms with Gasteiger partial charge in [0.25, 0.3) is 0 Å². The minimum Gasteiger partial charge on any atom is -0.469 e. The normalized spacial score (nSPS) is 24.3. The van der Waals surface area contributed by atoms with E-state index in [1.54, 1.807) is 6.26 Å². The molecule has 0 aliphatic carbocycles. The first-order valence-corrected chi connectivity index (χ1v) is 6.35. The average molecular weight is 247 g/mol.